The fraction of sp³-hybridized carbons (Fsp3) is 0. The minimum atomic E-state index is -4.39. The van der Waals surface area contributed by atoms with Crippen LogP contribution in [0.5, 0.6) is 0 Å². The number of sulfonamides is 1. The maximum Gasteiger partial charge on any atom is 0.263 e. The van der Waals surface area contributed by atoms with E-state index in [9.17, 15) is 21.6 Å². The third-order valence-corrected chi connectivity index (χ3v) is 4.49. The second-order valence-electron chi connectivity index (χ2n) is 3.92. The quantitative estimate of drug-likeness (QED) is 0.896. The highest BCUT2D eigenvalue weighted by Crippen LogP contribution is 2.28. The third-order valence-electron chi connectivity index (χ3n) is 2.43. The van der Waals surface area contributed by atoms with E-state index in [2.05, 4.69) is 0 Å². The lowest BCUT2D eigenvalue weighted by Gasteiger charge is -2.11. The monoisotopic (exact) mass is 355 g/mol. The summed E-state index contributed by atoms with van der Waals surface area (Å²) in [6.45, 7) is 0. The standard InChI is InChI=1S/C12H6Cl2F3NO2S/c13-6-1-2-8(14)11(3-6)21(19,20)18-12-9(16)4-7(15)5-10(12)17/h1-5,18H. The Balaban J connectivity index is 2.50. The first-order valence-corrected chi connectivity index (χ1v) is 7.57. The van der Waals surface area contributed by atoms with Gasteiger partial charge in [0.15, 0.2) is 11.6 Å². The Morgan fingerprint density at radius 3 is 2.10 bits per heavy atom. The average molecular weight is 356 g/mol. The van der Waals surface area contributed by atoms with Gasteiger partial charge in [0.2, 0.25) is 0 Å². The maximum absolute atomic E-state index is 13.5. The average Bonchev–Trinajstić information content (AvgIpc) is 2.36. The van der Waals surface area contributed by atoms with Crippen molar-refractivity contribution in [3.63, 3.8) is 0 Å². The van der Waals surface area contributed by atoms with Gasteiger partial charge in [0, 0.05) is 17.2 Å². The molecule has 9 heteroatoms. The number of anilines is 1. The molecule has 0 aliphatic heterocycles. The molecule has 0 atom stereocenters. The molecule has 0 bridgehead atoms. The van der Waals surface area contributed by atoms with E-state index in [0.29, 0.717) is 12.1 Å². The first-order valence-electron chi connectivity index (χ1n) is 5.33. The summed E-state index contributed by atoms with van der Waals surface area (Å²) in [5.41, 5.74) is -1.01. The fourth-order valence-electron chi connectivity index (χ4n) is 1.51. The summed E-state index contributed by atoms with van der Waals surface area (Å²) >= 11 is 11.4. The number of halogens is 5. The van der Waals surface area contributed by atoms with Crippen LogP contribution in [0, 0.1) is 17.5 Å². The van der Waals surface area contributed by atoms with E-state index in [1.165, 1.54) is 12.1 Å². The zero-order valence-electron chi connectivity index (χ0n) is 10.0. The normalized spacial score (nSPS) is 11.5. The van der Waals surface area contributed by atoms with Crippen molar-refractivity contribution in [2.24, 2.45) is 0 Å². The Labute approximate surface area is 128 Å². The minimum Gasteiger partial charge on any atom is -0.274 e. The summed E-state index contributed by atoms with van der Waals surface area (Å²) in [5.74, 6) is -3.96. The Bertz CT molecular complexity index is 789. The summed E-state index contributed by atoms with van der Waals surface area (Å²) in [4.78, 5) is -0.459. The minimum absolute atomic E-state index is 0.0693. The third kappa shape index (κ3) is 3.42. The molecule has 0 heterocycles. The molecule has 0 fully saturated rings. The molecule has 3 nitrogen and oxygen atoms in total. The first-order chi connectivity index (χ1) is 9.70. The smallest absolute Gasteiger partial charge is 0.263 e. The van der Waals surface area contributed by atoms with Crippen molar-refractivity contribution in [3.8, 4) is 0 Å². The van der Waals surface area contributed by atoms with Crippen LogP contribution in [0.3, 0.4) is 0 Å². The predicted molar refractivity (Wildman–Crippen MR) is 73.6 cm³/mol. The van der Waals surface area contributed by atoms with E-state index in [1.807, 2.05) is 0 Å². The van der Waals surface area contributed by atoms with Gasteiger partial charge in [0.1, 0.15) is 16.4 Å². The van der Waals surface area contributed by atoms with Gasteiger partial charge in [0.05, 0.1) is 5.02 Å². The van der Waals surface area contributed by atoms with E-state index >= 15 is 0 Å². The van der Waals surface area contributed by atoms with Crippen LogP contribution in [0.25, 0.3) is 0 Å². The highest BCUT2D eigenvalue weighted by Gasteiger charge is 2.22. The zero-order chi connectivity index (χ0) is 15.8. The second kappa shape index (κ2) is 5.75. The molecule has 1 N–H and O–H groups in total. The highest BCUT2D eigenvalue weighted by atomic mass is 35.5. The van der Waals surface area contributed by atoms with E-state index in [-0.39, 0.29) is 10.0 Å². The zero-order valence-corrected chi connectivity index (χ0v) is 12.3. The summed E-state index contributed by atoms with van der Waals surface area (Å²) in [6.07, 6.45) is 0. The highest BCUT2D eigenvalue weighted by molar-refractivity contribution is 7.92. The van der Waals surface area contributed by atoms with Crippen molar-refractivity contribution in [3.05, 3.63) is 57.8 Å². The van der Waals surface area contributed by atoms with E-state index in [4.69, 9.17) is 23.2 Å². The molecular weight excluding hydrogens is 350 g/mol. The van der Waals surface area contributed by atoms with Crippen LogP contribution in [-0.4, -0.2) is 8.42 Å². The van der Waals surface area contributed by atoms with Crippen LogP contribution in [-0.2, 0) is 10.0 Å². The molecule has 0 saturated carbocycles. The van der Waals surface area contributed by atoms with Crippen molar-refractivity contribution in [1.82, 2.24) is 0 Å². The molecule has 21 heavy (non-hydrogen) atoms. The molecular formula is C12H6Cl2F3NO2S. The van der Waals surface area contributed by atoms with Crippen LogP contribution >= 0.6 is 23.2 Å². The van der Waals surface area contributed by atoms with Gasteiger partial charge < -0.3 is 0 Å². The molecule has 2 aromatic rings. The molecule has 0 amide bonds. The van der Waals surface area contributed by atoms with Gasteiger partial charge in [-0.15, -0.1) is 0 Å². The van der Waals surface area contributed by atoms with Gasteiger partial charge in [-0.1, -0.05) is 23.2 Å². The first kappa shape index (κ1) is 15.9. The lowest BCUT2D eigenvalue weighted by molar-refractivity contribution is 0.547. The number of hydrogen-bond donors (Lipinski definition) is 1. The summed E-state index contributed by atoms with van der Waals surface area (Å²) in [7, 11) is -4.39. The van der Waals surface area contributed by atoms with Gasteiger partial charge in [-0.2, -0.15) is 0 Å². The lowest BCUT2D eigenvalue weighted by Crippen LogP contribution is -2.16. The molecule has 2 rings (SSSR count). The van der Waals surface area contributed by atoms with E-state index in [1.54, 1.807) is 4.72 Å². The molecule has 0 aromatic heterocycles. The molecule has 0 radical (unpaired) electrons. The van der Waals surface area contributed by atoms with Crippen molar-refractivity contribution in [2.45, 2.75) is 4.90 Å². The van der Waals surface area contributed by atoms with Crippen molar-refractivity contribution < 1.29 is 21.6 Å². The van der Waals surface area contributed by atoms with Crippen LogP contribution in [0.15, 0.2) is 35.2 Å². The summed E-state index contributed by atoms with van der Waals surface area (Å²) in [5, 5.41) is -0.116. The van der Waals surface area contributed by atoms with Crippen molar-refractivity contribution in [2.75, 3.05) is 4.72 Å². The molecule has 112 valence electrons. The Morgan fingerprint density at radius 2 is 1.52 bits per heavy atom. The van der Waals surface area contributed by atoms with Gasteiger partial charge in [0.25, 0.3) is 10.0 Å². The van der Waals surface area contributed by atoms with Crippen LogP contribution < -0.4 is 4.72 Å². The Kier molecular flexibility index (Phi) is 4.36. The molecule has 0 aliphatic rings. The predicted octanol–water partition coefficient (Wildman–Crippen LogP) is 4.21. The van der Waals surface area contributed by atoms with Crippen molar-refractivity contribution in [1.29, 1.82) is 0 Å². The number of benzene rings is 2. The summed E-state index contributed by atoms with van der Waals surface area (Å²) < 4.78 is 65.6. The molecule has 0 saturated heterocycles. The lowest BCUT2D eigenvalue weighted by atomic mass is 10.3. The molecule has 0 aliphatic carbocycles. The van der Waals surface area contributed by atoms with Crippen molar-refractivity contribution >= 4 is 38.9 Å². The van der Waals surface area contributed by atoms with E-state index < -0.39 is 38.1 Å². The van der Waals surface area contributed by atoms with Gasteiger partial charge in [-0.25, -0.2) is 21.6 Å². The molecule has 0 spiro atoms. The van der Waals surface area contributed by atoms with Crippen LogP contribution in [0.2, 0.25) is 10.0 Å². The van der Waals surface area contributed by atoms with Gasteiger partial charge in [-0.3, -0.25) is 4.72 Å². The van der Waals surface area contributed by atoms with Crippen LogP contribution in [0.4, 0.5) is 18.9 Å². The second-order valence-corrected chi connectivity index (χ2v) is 6.42. The van der Waals surface area contributed by atoms with E-state index in [0.717, 1.165) is 6.07 Å². The molecule has 2 aromatic carbocycles. The molecule has 0 unspecified atom stereocenters. The topological polar surface area (TPSA) is 46.2 Å². The number of hydrogen-bond acceptors (Lipinski definition) is 2. The Hall–Kier alpha value is -1.44. The van der Waals surface area contributed by atoms with Gasteiger partial charge >= 0.3 is 0 Å². The largest absolute Gasteiger partial charge is 0.274 e. The fourth-order valence-corrected chi connectivity index (χ4v) is 3.35. The van der Waals surface area contributed by atoms with Gasteiger partial charge in [-0.05, 0) is 18.2 Å². The number of rotatable bonds is 3. The summed E-state index contributed by atoms with van der Waals surface area (Å²) in [6, 6.07) is 4.28. The van der Waals surface area contributed by atoms with Crippen LogP contribution in [0.1, 0.15) is 0 Å². The Morgan fingerprint density at radius 1 is 0.952 bits per heavy atom. The number of nitrogens with one attached hydrogen (secondary N) is 1. The maximum atomic E-state index is 13.5. The SMILES string of the molecule is O=S(=O)(Nc1c(F)cc(F)cc1F)c1cc(Cl)ccc1Cl.